The molecule has 3 heteroatoms. The highest BCUT2D eigenvalue weighted by molar-refractivity contribution is 5.96. The van der Waals surface area contributed by atoms with E-state index < -0.39 is 11.7 Å². The van der Waals surface area contributed by atoms with E-state index in [1.165, 1.54) is 6.92 Å². The highest BCUT2D eigenvalue weighted by Crippen LogP contribution is 2.50. The molecule has 0 saturated heterocycles. The number of fused-ring (bicyclic) bond motifs is 1. The maximum Gasteiger partial charge on any atom is 0.158 e. The van der Waals surface area contributed by atoms with Gasteiger partial charge in [0.15, 0.2) is 5.78 Å². The molecule has 2 rings (SSSR count). The van der Waals surface area contributed by atoms with Crippen LogP contribution in [0, 0.1) is 11.8 Å². The minimum atomic E-state index is -1.26. The number of hydrogen-bond donors (Lipinski definition) is 2. The van der Waals surface area contributed by atoms with Crippen molar-refractivity contribution in [3.05, 3.63) is 11.6 Å². The van der Waals surface area contributed by atoms with Crippen LogP contribution in [0.2, 0.25) is 0 Å². The van der Waals surface area contributed by atoms with E-state index in [-0.39, 0.29) is 17.6 Å². The summed E-state index contributed by atoms with van der Waals surface area (Å²) >= 11 is 0. The molecule has 14 heavy (non-hydrogen) atoms. The fourth-order valence-corrected chi connectivity index (χ4v) is 2.94. The van der Waals surface area contributed by atoms with Crippen molar-refractivity contribution in [1.29, 1.82) is 0 Å². The molecule has 0 aliphatic heterocycles. The molecule has 0 bridgehead atoms. The second-order valence-electron chi connectivity index (χ2n) is 4.59. The Kier molecular flexibility index (Phi) is 2.05. The molecule has 0 heterocycles. The normalized spacial score (nSPS) is 46.3. The van der Waals surface area contributed by atoms with Gasteiger partial charge in [0.2, 0.25) is 0 Å². The standard InChI is InChI=1S/C11H16O3/c1-6-5-8-3-4-9(7(2)12)11(8,14)10(6)13/h4,6,8,10,13-14H,3,5H2,1-2H3. The maximum atomic E-state index is 11.3. The van der Waals surface area contributed by atoms with Crippen LogP contribution in [0.25, 0.3) is 0 Å². The molecule has 0 spiro atoms. The number of carbonyl (C=O) groups is 1. The van der Waals surface area contributed by atoms with Crippen LogP contribution in [0.1, 0.15) is 26.7 Å². The Balaban J connectivity index is 2.38. The van der Waals surface area contributed by atoms with E-state index >= 15 is 0 Å². The Hall–Kier alpha value is -0.670. The quantitative estimate of drug-likeness (QED) is 0.647. The van der Waals surface area contributed by atoms with Crippen LogP contribution in [-0.2, 0) is 4.79 Å². The van der Waals surface area contributed by atoms with E-state index in [4.69, 9.17) is 0 Å². The van der Waals surface area contributed by atoms with Gasteiger partial charge in [-0.2, -0.15) is 0 Å². The summed E-state index contributed by atoms with van der Waals surface area (Å²) in [6.07, 6.45) is 2.50. The van der Waals surface area contributed by atoms with Crippen LogP contribution in [0.3, 0.4) is 0 Å². The van der Waals surface area contributed by atoms with Gasteiger partial charge >= 0.3 is 0 Å². The van der Waals surface area contributed by atoms with Gasteiger partial charge in [0.25, 0.3) is 0 Å². The first-order valence-corrected chi connectivity index (χ1v) is 5.10. The molecular weight excluding hydrogens is 180 g/mol. The lowest BCUT2D eigenvalue weighted by molar-refractivity contribution is -0.119. The van der Waals surface area contributed by atoms with Gasteiger partial charge in [0.05, 0.1) is 6.10 Å². The predicted molar refractivity (Wildman–Crippen MR) is 51.6 cm³/mol. The van der Waals surface area contributed by atoms with Gasteiger partial charge in [0, 0.05) is 5.57 Å². The van der Waals surface area contributed by atoms with Crippen LogP contribution >= 0.6 is 0 Å². The zero-order valence-electron chi connectivity index (χ0n) is 8.53. The van der Waals surface area contributed by atoms with Crippen LogP contribution in [0.5, 0.6) is 0 Å². The molecule has 0 aromatic rings. The lowest BCUT2D eigenvalue weighted by Crippen LogP contribution is -2.45. The van der Waals surface area contributed by atoms with Crippen molar-refractivity contribution < 1.29 is 15.0 Å². The van der Waals surface area contributed by atoms with Crippen molar-refractivity contribution in [2.75, 3.05) is 0 Å². The minimum Gasteiger partial charge on any atom is -0.389 e. The maximum absolute atomic E-state index is 11.3. The van der Waals surface area contributed by atoms with Gasteiger partial charge in [-0.3, -0.25) is 4.79 Å². The van der Waals surface area contributed by atoms with E-state index in [0.717, 1.165) is 6.42 Å². The number of rotatable bonds is 1. The van der Waals surface area contributed by atoms with Crippen molar-refractivity contribution >= 4 is 5.78 Å². The summed E-state index contributed by atoms with van der Waals surface area (Å²) in [5.74, 6) is -0.0115. The third-order valence-electron chi connectivity index (χ3n) is 3.69. The van der Waals surface area contributed by atoms with Gasteiger partial charge in [-0.15, -0.1) is 0 Å². The van der Waals surface area contributed by atoms with Crippen LogP contribution in [0.15, 0.2) is 11.6 Å². The molecule has 1 fully saturated rings. The average molecular weight is 196 g/mol. The van der Waals surface area contributed by atoms with Crippen molar-refractivity contribution in [2.24, 2.45) is 11.8 Å². The minimum absolute atomic E-state index is 0.0337. The summed E-state index contributed by atoms with van der Waals surface area (Å²) < 4.78 is 0. The third kappa shape index (κ3) is 1.03. The summed E-state index contributed by atoms with van der Waals surface area (Å²) in [6, 6.07) is 0. The van der Waals surface area contributed by atoms with E-state index in [1.807, 2.05) is 6.92 Å². The Morgan fingerprint density at radius 2 is 2.29 bits per heavy atom. The molecule has 3 nitrogen and oxygen atoms in total. The molecule has 0 aromatic carbocycles. The van der Waals surface area contributed by atoms with Crippen molar-refractivity contribution in [3.63, 3.8) is 0 Å². The van der Waals surface area contributed by atoms with Gasteiger partial charge in [-0.25, -0.2) is 0 Å². The Labute approximate surface area is 83.4 Å². The number of hydrogen-bond acceptors (Lipinski definition) is 3. The molecule has 4 unspecified atom stereocenters. The van der Waals surface area contributed by atoms with E-state index in [0.29, 0.717) is 12.0 Å². The fourth-order valence-electron chi connectivity index (χ4n) is 2.94. The molecule has 0 amide bonds. The van der Waals surface area contributed by atoms with Gasteiger partial charge in [-0.1, -0.05) is 13.0 Å². The summed E-state index contributed by atoms with van der Waals surface area (Å²) in [5.41, 5.74) is -0.843. The SMILES string of the molecule is CC(=O)C1=CCC2CC(C)C(O)C12O. The average Bonchev–Trinajstić information content (AvgIpc) is 2.52. The third-order valence-corrected chi connectivity index (χ3v) is 3.69. The van der Waals surface area contributed by atoms with Crippen LogP contribution in [0.4, 0.5) is 0 Å². The molecule has 0 radical (unpaired) electrons. The number of Topliss-reactive ketones (excluding diaryl/α,β-unsaturated/α-hetero) is 1. The second kappa shape index (κ2) is 2.91. The smallest absolute Gasteiger partial charge is 0.158 e. The monoisotopic (exact) mass is 196 g/mol. The zero-order chi connectivity index (χ0) is 10.5. The number of carbonyl (C=O) groups excluding carboxylic acids is 1. The molecule has 1 saturated carbocycles. The largest absolute Gasteiger partial charge is 0.389 e. The lowest BCUT2D eigenvalue weighted by atomic mass is 9.85. The topological polar surface area (TPSA) is 57.5 Å². The first kappa shape index (κ1) is 9.87. The molecule has 4 atom stereocenters. The van der Waals surface area contributed by atoms with E-state index in [1.54, 1.807) is 6.08 Å². The highest BCUT2D eigenvalue weighted by atomic mass is 16.3. The highest BCUT2D eigenvalue weighted by Gasteiger charge is 2.57. The van der Waals surface area contributed by atoms with E-state index in [2.05, 4.69) is 0 Å². The molecule has 78 valence electrons. The van der Waals surface area contributed by atoms with Gasteiger partial charge < -0.3 is 10.2 Å². The molecule has 2 N–H and O–H groups in total. The fraction of sp³-hybridized carbons (Fsp3) is 0.727. The van der Waals surface area contributed by atoms with Crippen molar-refractivity contribution in [3.8, 4) is 0 Å². The lowest BCUT2D eigenvalue weighted by Gasteiger charge is -2.30. The number of ketones is 1. The first-order valence-electron chi connectivity index (χ1n) is 5.10. The summed E-state index contributed by atoms with van der Waals surface area (Å²) in [5, 5.41) is 20.3. The van der Waals surface area contributed by atoms with E-state index in [9.17, 15) is 15.0 Å². The number of aliphatic hydroxyl groups excluding tert-OH is 1. The first-order chi connectivity index (χ1) is 6.48. The number of allylic oxidation sites excluding steroid dienone is 1. The summed E-state index contributed by atoms with van der Waals surface area (Å²) in [6.45, 7) is 3.36. The summed E-state index contributed by atoms with van der Waals surface area (Å²) in [4.78, 5) is 11.3. The zero-order valence-corrected chi connectivity index (χ0v) is 8.53. The Morgan fingerprint density at radius 1 is 1.64 bits per heavy atom. The summed E-state index contributed by atoms with van der Waals surface area (Å²) in [7, 11) is 0. The van der Waals surface area contributed by atoms with Crippen molar-refractivity contribution in [2.45, 2.75) is 38.4 Å². The second-order valence-corrected chi connectivity index (χ2v) is 4.59. The molecule has 2 aliphatic rings. The molecule has 2 aliphatic carbocycles. The van der Waals surface area contributed by atoms with Crippen LogP contribution in [-0.4, -0.2) is 27.7 Å². The van der Waals surface area contributed by atoms with Gasteiger partial charge in [0.1, 0.15) is 5.60 Å². The molecule has 0 aromatic heterocycles. The Morgan fingerprint density at radius 3 is 2.86 bits per heavy atom. The Bertz CT molecular complexity index is 308. The van der Waals surface area contributed by atoms with Gasteiger partial charge in [-0.05, 0) is 31.6 Å². The van der Waals surface area contributed by atoms with Crippen LogP contribution < -0.4 is 0 Å². The predicted octanol–water partition coefficient (Wildman–Crippen LogP) is 0.653. The molecular formula is C11H16O3. The number of aliphatic hydroxyl groups is 2. The van der Waals surface area contributed by atoms with Crippen molar-refractivity contribution in [1.82, 2.24) is 0 Å².